The molecule has 0 amide bonds. The van der Waals surface area contributed by atoms with Crippen LogP contribution in [0.15, 0.2) is 28.9 Å². The molecular weight excluding hydrogens is 302 g/mol. The minimum Gasteiger partial charge on any atom is -0.380 e. The predicted octanol–water partition coefficient (Wildman–Crippen LogP) is 3.76. The fourth-order valence-electron chi connectivity index (χ4n) is 1.65. The average molecular weight is 315 g/mol. The molecule has 0 aliphatic rings. The highest BCUT2D eigenvalue weighted by molar-refractivity contribution is 9.10. The van der Waals surface area contributed by atoms with Crippen molar-refractivity contribution in [2.75, 3.05) is 5.32 Å². The van der Waals surface area contributed by atoms with E-state index in [0.717, 1.165) is 22.4 Å². The van der Waals surface area contributed by atoms with Crippen LogP contribution in [-0.4, -0.2) is 9.78 Å². The molecule has 1 aromatic heterocycles. The standard InChI is InChI=1S/C12H13BrClN3/c1-8-9(7-17(2)16-8)6-15-12-4-3-10(13)5-11(12)14/h3-5,7,15H,6H2,1-2H3. The summed E-state index contributed by atoms with van der Waals surface area (Å²) in [6, 6.07) is 5.79. The quantitative estimate of drug-likeness (QED) is 0.935. The topological polar surface area (TPSA) is 29.9 Å². The molecule has 5 heteroatoms. The van der Waals surface area contributed by atoms with Gasteiger partial charge in [0.2, 0.25) is 0 Å². The summed E-state index contributed by atoms with van der Waals surface area (Å²) in [6.07, 6.45) is 2.01. The number of hydrogen-bond donors (Lipinski definition) is 1. The van der Waals surface area contributed by atoms with E-state index in [0.29, 0.717) is 5.02 Å². The zero-order chi connectivity index (χ0) is 12.4. The smallest absolute Gasteiger partial charge is 0.0648 e. The van der Waals surface area contributed by atoms with Gasteiger partial charge in [0.25, 0.3) is 0 Å². The molecule has 2 rings (SSSR count). The number of nitrogens with one attached hydrogen (secondary N) is 1. The van der Waals surface area contributed by atoms with Crippen LogP contribution < -0.4 is 5.32 Å². The summed E-state index contributed by atoms with van der Waals surface area (Å²) >= 11 is 9.51. The van der Waals surface area contributed by atoms with E-state index in [9.17, 15) is 0 Å². The van der Waals surface area contributed by atoms with Crippen molar-refractivity contribution in [1.29, 1.82) is 0 Å². The number of anilines is 1. The molecular formula is C12H13BrClN3. The Morgan fingerprint density at radius 1 is 1.47 bits per heavy atom. The van der Waals surface area contributed by atoms with Crippen LogP contribution in [0.1, 0.15) is 11.3 Å². The fraction of sp³-hybridized carbons (Fsp3) is 0.250. The lowest BCUT2D eigenvalue weighted by molar-refractivity contribution is 0.756. The number of benzene rings is 1. The molecule has 3 nitrogen and oxygen atoms in total. The van der Waals surface area contributed by atoms with Crippen molar-refractivity contribution in [3.63, 3.8) is 0 Å². The molecule has 0 aliphatic carbocycles. The van der Waals surface area contributed by atoms with Gasteiger partial charge in [0.05, 0.1) is 16.4 Å². The molecule has 0 saturated carbocycles. The maximum atomic E-state index is 6.13. The van der Waals surface area contributed by atoms with E-state index < -0.39 is 0 Å². The second-order valence-corrected chi connectivity index (χ2v) is 5.21. The van der Waals surface area contributed by atoms with E-state index >= 15 is 0 Å². The molecule has 0 radical (unpaired) electrons. The molecule has 0 spiro atoms. The first kappa shape index (κ1) is 12.5. The first-order chi connectivity index (χ1) is 8.06. The van der Waals surface area contributed by atoms with Crippen molar-refractivity contribution in [2.45, 2.75) is 13.5 Å². The Balaban J connectivity index is 2.10. The highest BCUT2D eigenvalue weighted by atomic mass is 79.9. The lowest BCUT2D eigenvalue weighted by atomic mass is 10.2. The summed E-state index contributed by atoms with van der Waals surface area (Å²) in [5, 5.41) is 8.31. The summed E-state index contributed by atoms with van der Waals surface area (Å²) in [6.45, 7) is 2.72. The average Bonchev–Trinajstić information content (AvgIpc) is 2.56. The third-order valence-corrected chi connectivity index (χ3v) is 3.32. The number of hydrogen-bond acceptors (Lipinski definition) is 2. The van der Waals surface area contributed by atoms with Gasteiger partial charge in [-0.15, -0.1) is 0 Å². The SMILES string of the molecule is Cc1nn(C)cc1CNc1ccc(Br)cc1Cl. The van der Waals surface area contributed by atoms with Crippen LogP contribution in [0.3, 0.4) is 0 Å². The third kappa shape index (κ3) is 3.01. The number of aryl methyl sites for hydroxylation is 2. The van der Waals surface area contributed by atoms with E-state index in [1.54, 1.807) is 0 Å². The van der Waals surface area contributed by atoms with Gasteiger partial charge in [-0.05, 0) is 25.1 Å². The van der Waals surface area contributed by atoms with Crippen molar-refractivity contribution in [2.24, 2.45) is 7.05 Å². The van der Waals surface area contributed by atoms with Gasteiger partial charge < -0.3 is 5.32 Å². The molecule has 1 aromatic carbocycles. The van der Waals surface area contributed by atoms with Gasteiger partial charge in [0, 0.05) is 29.8 Å². The van der Waals surface area contributed by atoms with Gasteiger partial charge in [-0.25, -0.2) is 0 Å². The Morgan fingerprint density at radius 2 is 2.24 bits per heavy atom. The van der Waals surface area contributed by atoms with Gasteiger partial charge in [-0.3, -0.25) is 4.68 Å². The van der Waals surface area contributed by atoms with Crippen LogP contribution in [0.2, 0.25) is 5.02 Å². The molecule has 90 valence electrons. The summed E-state index contributed by atoms with van der Waals surface area (Å²) < 4.78 is 2.79. The molecule has 17 heavy (non-hydrogen) atoms. The number of halogens is 2. The van der Waals surface area contributed by atoms with Crippen molar-refractivity contribution < 1.29 is 0 Å². The second kappa shape index (κ2) is 5.10. The Labute approximate surface area is 114 Å². The zero-order valence-corrected chi connectivity index (χ0v) is 12.0. The lowest BCUT2D eigenvalue weighted by Gasteiger charge is -2.07. The number of nitrogens with zero attached hydrogens (tertiary/aromatic N) is 2. The Kier molecular flexibility index (Phi) is 3.74. The highest BCUT2D eigenvalue weighted by Crippen LogP contribution is 2.26. The predicted molar refractivity (Wildman–Crippen MR) is 74.4 cm³/mol. The minimum absolute atomic E-state index is 0.709. The molecule has 1 N–H and O–H groups in total. The second-order valence-electron chi connectivity index (χ2n) is 3.89. The van der Waals surface area contributed by atoms with Crippen molar-refractivity contribution in [3.8, 4) is 0 Å². The highest BCUT2D eigenvalue weighted by Gasteiger charge is 2.04. The maximum absolute atomic E-state index is 6.13. The molecule has 0 bridgehead atoms. The van der Waals surface area contributed by atoms with E-state index in [1.807, 2.05) is 43.0 Å². The van der Waals surface area contributed by atoms with Gasteiger partial charge in [0.1, 0.15) is 0 Å². The third-order valence-electron chi connectivity index (χ3n) is 2.52. The van der Waals surface area contributed by atoms with Crippen LogP contribution in [0.5, 0.6) is 0 Å². The van der Waals surface area contributed by atoms with Crippen LogP contribution in [0, 0.1) is 6.92 Å². The van der Waals surface area contributed by atoms with Crippen LogP contribution >= 0.6 is 27.5 Å². The summed E-state index contributed by atoms with van der Waals surface area (Å²) in [5.74, 6) is 0. The van der Waals surface area contributed by atoms with Gasteiger partial charge in [-0.1, -0.05) is 27.5 Å². The number of rotatable bonds is 3. The summed E-state index contributed by atoms with van der Waals surface area (Å²) in [5.41, 5.74) is 3.14. The monoisotopic (exact) mass is 313 g/mol. The van der Waals surface area contributed by atoms with E-state index in [-0.39, 0.29) is 0 Å². The van der Waals surface area contributed by atoms with E-state index in [1.165, 1.54) is 5.56 Å². The molecule has 0 saturated heterocycles. The molecule has 0 atom stereocenters. The molecule has 1 heterocycles. The maximum Gasteiger partial charge on any atom is 0.0648 e. The number of aromatic nitrogens is 2. The van der Waals surface area contributed by atoms with Crippen molar-refractivity contribution in [1.82, 2.24) is 9.78 Å². The Bertz CT molecular complexity index is 537. The first-order valence-electron chi connectivity index (χ1n) is 5.24. The van der Waals surface area contributed by atoms with Crippen LogP contribution in [0.4, 0.5) is 5.69 Å². The summed E-state index contributed by atoms with van der Waals surface area (Å²) in [7, 11) is 1.92. The first-order valence-corrected chi connectivity index (χ1v) is 6.41. The Morgan fingerprint density at radius 3 is 2.82 bits per heavy atom. The van der Waals surface area contributed by atoms with Crippen LogP contribution in [0.25, 0.3) is 0 Å². The van der Waals surface area contributed by atoms with Crippen molar-refractivity contribution >= 4 is 33.2 Å². The lowest BCUT2D eigenvalue weighted by Crippen LogP contribution is -2.00. The minimum atomic E-state index is 0.709. The summed E-state index contributed by atoms with van der Waals surface area (Å²) in [4.78, 5) is 0. The van der Waals surface area contributed by atoms with Gasteiger partial charge in [-0.2, -0.15) is 5.10 Å². The van der Waals surface area contributed by atoms with E-state index in [4.69, 9.17) is 11.6 Å². The molecule has 0 unspecified atom stereocenters. The van der Waals surface area contributed by atoms with Gasteiger partial charge in [0.15, 0.2) is 0 Å². The van der Waals surface area contributed by atoms with E-state index in [2.05, 4.69) is 26.3 Å². The normalized spacial score (nSPS) is 10.6. The van der Waals surface area contributed by atoms with Crippen molar-refractivity contribution in [3.05, 3.63) is 45.1 Å². The fourth-order valence-corrected chi connectivity index (χ4v) is 2.39. The van der Waals surface area contributed by atoms with Crippen LogP contribution in [-0.2, 0) is 13.6 Å². The molecule has 0 aliphatic heterocycles. The molecule has 2 aromatic rings. The van der Waals surface area contributed by atoms with Gasteiger partial charge >= 0.3 is 0 Å². The zero-order valence-electron chi connectivity index (χ0n) is 9.67. The largest absolute Gasteiger partial charge is 0.380 e. The molecule has 0 fully saturated rings. The Hall–Kier alpha value is -1.000.